The van der Waals surface area contributed by atoms with Gasteiger partial charge in [-0.25, -0.2) is 9.37 Å². The largest absolute Gasteiger partial charge is 0.348 e. The first kappa shape index (κ1) is 28.2. The zero-order valence-corrected chi connectivity index (χ0v) is 24.0. The molecule has 2 N–H and O–H groups in total. The van der Waals surface area contributed by atoms with E-state index in [0.29, 0.717) is 19.4 Å². The van der Waals surface area contributed by atoms with Gasteiger partial charge in [0.1, 0.15) is 12.1 Å². The van der Waals surface area contributed by atoms with Crippen LogP contribution in [-0.2, 0) is 20.8 Å². The van der Waals surface area contributed by atoms with Crippen LogP contribution in [0.1, 0.15) is 83.2 Å². The monoisotopic (exact) mass is 542 g/mol. The summed E-state index contributed by atoms with van der Waals surface area (Å²) in [7, 11) is 0. The molecule has 2 aliphatic rings. The number of aryl methyl sites for hydroxylation is 2. The van der Waals surface area contributed by atoms with E-state index in [4.69, 9.17) is 0 Å². The maximum absolute atomic E-state index is 14.4. The number of alkyl halides is 1. The third-order valence-corrected chi connectivity index (χ3v) is 8.66. The zero-order chi connectivity index (χ0) is 27.8. The van der Waals surface area contributed by atoms with Gasteiger partial charge < -0.3 is 15.5 Å². The Labute approximate surface area is 228 Å². The normalized spacial score (nSPS) is 20.1. The van der Waals surface area contributed by atoms with Crippen molar-refractivity contribution in [2.75, 3.05) is 6.54 Å². The van der Waals surface area contributed by atoms with Crippen LogP contribution >= 0.6 is 11.3 Å². The number of carbonyl (C=O) groups is 3. The first-order chi connectivity index (χ1) is 17.9. The van der Waals surface area contributed by atoms with E-state index in [9.17, 15) is 18.8 Å². The van der Waals surface area contributed by atoms with Gasteiger partial charge in [0.05, 0.1) is 22.1 Å². The van der Waals surface area contributed by atoms with Crippen molar-refractivity contribution in [2.24, 2.45) is 5.41 Å². The fraction of sp³-hybridized carbons (Fsp3) is 0.586. The Balaban J connectivity index is 1.48. The second kappa shape index (κ2) is 10.8. The summed E-state index contributed by atoms with van der Waals surface area (Å²) in [6.07, 6.45) is 2.42. The predicted molar refractivity (Wildman–Crippen MR) is 147 cm³/mol. The van der Waals surface area contributed by atoms with E-state index in [0.717, 1.165) is 33.7 Å². The second-order valence-electron chi connectivity index (χ2n) is 11.7. The molecule has 3 atom stereocenters. The van der Waals surface area contributed by atoms with Crippen molar-refractivity contribution in [3.05, 3.63) is 40.5 Å². The molecule has 1 saturated carbocycles. The van der Waals surface area contributed by atoms with E-state index < -0.39 is 29.1 Å². The molecule has 1 aromatic heterocycles. The van der Waals surface area contributed by atoms with Crippen LogP contribution in [0.25, 0.3) is 10.4 Å². The number of carbonyl (C=O) groups excluding carboxylic acids is 3. The molecule has 0 spiro atoms. The number of halogens is 1. The lowest BCUT2D eigenvalue weighted by Gasteiger charge is -2.36. The predicted octanol–water partition coefficient (Wildman–Crippen LogP) is 4.88. The molecule has 206 valence electrons. The van der Waals surface area contributed by atoms with Gasteiger partial charge in [0, 0.05) is 6.54 Å². The lowest BCUT2D eigenvalue weighted by Crippen LogP contribution is -2.59. The molecule has 3 unspecified atom stereocenters. The zero-order valence-electron chi connectivity index (χ0n) is 23.2. The summed E-state index contributed by atoms with van der Waals surface area (Å²) < 4.78 is 14.4. The van der Waals surface area contributed by atoms with E-state index in [1.165, 1.54) is 0 Å². The number of likely N-dealkylation sites (tertiary alicyclic amines) is 1. The Bertz CT molecular complexity index is 1220. The number of hydrogen-bond acceptors (Lipinski definition) is 5. The number of hydrogen-bond donors (Lipinski definition) is 2. The van der Waals surface area contributed by atoms with Gasteiger partial charge in [-0.2, -0.15) is 0 Å². The average molecular weight is 543 g/mol. The molecular weight excluding hydrogens is 503 g/mol. The van der Waals surface area contributed by atoms with Crippen molar-refractivity contribution in [1.29, 1.82) is 0 Å². The summed E-state index contributed by atoms with van der Waals surface area (Å²) in [6.45, 7) is 12.0. The fourth-order valence-corrected chi connectivity index (χ4v) is 5.96. The van der Waals surface area contributed by atoms with E-state index in [2.05, 4.69) is 40.7 Å². The van der Waals surface area contributed by atoms with Crippen molar-refractivity contribution in [3.8, 4) is 10.4 Å². The maximum Gasteiger partial charge on any atom is 0.258 e. The molecular formula is C29H39FN4O3S. The third-order valence-electron chi connectivity index (χ3n) is 7.68. The number of nitrogens with one attached hydrogen (secondary N) is 2. The molecule has 9 heteroatoms. The second-order valence-corrected chi connectivity index (χ2v) is 12.5. The van der Waals surface area contributed by atoms with E-state index in [-0.39, 0.29) is 30.7 Å². The quantitative estimate of drug-likeness (QED) is 0.497. The molecule has 3 amide bonds. The Morgan fingerprint density at radius 1 is 1.24 bits per heavy atom. The molecule has 1 aliphatic heterocycles. The van der Waals surface area contributed by atoms with Crippen LogP contribution in [0.3, 0.4) is 0 Å². The minimum Gasteiger partial charge on any atom is -0.348 e. The summed E-state index contributed by atoms with van der Waals surface area (Å²) in [5, 5.41) is 5.78. The Kier molecular flexibility index (Phi) is 7.98. The maximum atomic E-state index is 14.4. The third kappa shape index (κ3) is 5.77. The van der Waals surface area contributed by atoms with Crippen molar-refractivity contribution < 1.29 is 18.8 Å². The summed E-state index contributed by atoms with van der Waals surface area (Å²) >= 11 is 1.61. The van der Waals surface area contributed by atoms with Crippen molar-refractivity contribution in [2.45, 2.75) is 97.4 Å². The summed E-state index contributed by atoms with van der Waals surface area (Å²) in [5.41, 5.74) is 3.65. The smallest absolute Gasteiger partial charge is 0.258 e. The SMILES string of the molecule is CCc1cc(-c2scnc2C)ccc1C(C)NC(=O)C1CCCN1C(=O)C(NC(=O)C1(F)CC1)C(C)(C)C. The first-order valence-electron chi connectivity index (χ1n) is 13.5. The van der Waals surface area contributed by atoms with Crippen LogP contribution in [0.2, 0.25) is 0 Å². The number of aromatic nitrogens is 1. The topological polar surface area (TPSA) is 91.4 Å². The van der Waals surface area contributed by atoms with Gasteiger partial charge in [-0.1, -0.05) is 39.8 Å². The van der Waals surface area contributed by atoms with Gasteiger partial charge in [-0.05, 0) is 74.1 Å². The van der Waals surface area contributed by atoms with E-state index in [1.54, 1.807) is 16.2 Å². The molecule has 2 heterocycles. The molecule has 1 saturated heterocycles. The minimum absolute atomic E-state index is 0.182. The summed E-state index contributed by atoms with van der Waals surface area (Å²) in [5.74, 6) is -1.28. The highest BCUT2D eigenvalue weighted by Gasteiger charge is 2.53. The van der Waals surface area contributed by atoms with Crippen LogP contribution < -0.4 is 10.6 Å². The van der Waals surface area contributed by atoms with Gasteiger partial charge in [0.15, 0.2) is 5.67 Å². The fourth-order valence-electron chi connectivity index (χ4n) is 5.16. The standard InChI is InChI=1S/C29H39FN4O3S/c1-7-19-15-20(23-18(3)31-16-38-23)10-11-21(19)17(2)32-25(35)22-9-8-14-34(22)26(36)24(28(4,5)6)33-27(37)29(30)12-13-29/h10-11,15-17,22,24H,7-9,12-14H2,1-6H3,(H,32,35)(H,33,37). The van der Waals surface area contributed by atoms with Crippen molar-refractivity contribution >= 4 is 29.1 Å². The Morgan fingerprint density at radius 2 is 1.95 bits per heavy atom. The van der Waals surface area contributed by atoms with Crippen LogP contribution in [0, 0.1) is 12.3 Å². The van der Waals surface area contributed by atoms with Gasteiger partial charge >= 0.3 is 0 Å². The molecule has 1 aromatic carbocycles. The lowest BCUT2D eigenvalue weighted by atomic mass is 9.85. The molecule has 1 aliphatic carbocycles. The Morgan fingerprint density at radius 3 is 2.53 bits per heavy atom. The number of rotatable bonds is 8. The highest BCUT2D eigenvalue weighted by atomic mass is 32.1. The highest BCUT2D eigenvalue weighted by molar-refractivity contribution is 7.13. The summed E-state index contributed by atoms with van der Waals surface area (Å²) in [6, 6.07) is 4.51. The van der Waals surface area contributed by atoms with Gasteiger partial charge in [-0.3, -0.25) is 14.4 Å². The Hall–Kier alpha value is -2.81. The minimum atomic E-state index is -1.87. The number of amides is 3. The van der Waals surface area contributed by atoms with Crippen LogP contribution in [0.5, 0.6) is 0 Å². The average Bonchev–Trinajstić information content (AvgIpc) is 3.24. The first-order valence-corrected chi connectivity index (χ1v) is 14.4. The molecule has 38 heavy (non-hydrogen) atoms. The number of nitrogens with zero attached hydrogens (tertiary/aromatic N) is 2. The summed E-state index contributed by atoms with van der Waals surface area (Å²) in [4.78, 5) is 46.6. The number of benzene rings is 1. The molecule has 2 aromatic rings. The lowest BCUT2D eigenvalue weighted by molar-refractivity contribution is -0.145. The van der Waals surface area contributed by atoms with Crippen LogP contribution in [-0.4, -0.2) is 51.9 Å². The molecule has 7 nitrogen and oxygen atoms in total. The molecule has 4 rings (SSSR count). The number of thiazole rings is 1. The van der Waals surface area contributed by atoms with Gasteiger partial charge in [0.2, 0.25) is 11.8 Å². The van der Waals surface area contributed by atoms with Crippen LogP contribution in [0.15, 0.2) is 23.7 Å². The van der Waals surface area contributed by atoms with Crippen molar-refractivity contribution in [1.82, 2.24) is 20.5 Å². The molecule has 0 radical (unpaired) electrons. The van der Waals surface area contributed by atoms with Gasteiger partial charge in [0.25, 0.3) is 5.91 Å². The molecule has 0 bridgehead atoms. The van der Waals surface area contributed by atoms with E-state index in [1.807, 2.05) is 40.1 Å². The van der Waals surface area contributed by atoms with Crippen LogP contribution in [0.4, 0.5) is 4.39 Å². The highest BCUT2D eigenvalue weighted by Crippen LogP contribution is 2.40. The molecule has 2 fully saturated rings. The van der Waals surface area contributed by atoms with E-state index >= 15 is 0 Å². The van der Waals surface area contributed by atoms with Gasteiger partial charge in [-0.15, -0.1) is 11.3 Å². The van der Waals surface area contributed by atoms with Crippen molar-refractivity contribution in [3.63, 3.8) is 0 Å².